The third-order valence-corrected chi connectivity index (χ3v) is 4.51. The number of aliphatic hydroxyl groups is 1. The average molecular weight is 349 g/mol. The molecule has 140 valence electrons. The van der Waals surface area contributed by atoms with E-state index in [1.54, 1.807) is 7.05 Å². The van der Waals surface area contributed by atoms with Crippen molar-refractivity contribution in [1.29, 1.82) is 0 Å². The van der Waals surface area contributed by atoms with Crippen LogP contribution in [0.25, 0.3) is 0 Å². The standard InChI is InChI=1S/C19H31N3O3/c1-3-10-25-17-6-4-5-16(12-17)13-21-18(20-2)22-14-19(7-9-23)8-11-24-15-19/h4-6,12,23H,3,7-11,13-15H2,1-2H3,(H2,20,21,22). The second-order valence-electron chi connectivity index (χ2n) is 6.55. The van der Waals surface area contributed by atoms with Crippen LogP contribution >= 0.6 is 0 Å². The van der Waals surface area contributed by atoms with Crippen LogP contribution in [0.5, 0.6) is 5.75 Å². The molecule has 1 aliphatic rings. The second-order valence-corrected chi connectivity index (χ2v) is 6.55. The fourth-order valence-corrected chi connectivity index (χ4v) is 2.95. The van der Waals surface area contributed by atoms with Crippen LogP contribution in [0.1, 0.15) is 31.7 Å². The Labute approximate surface area is 150 Å². The normalized spacial score (nSPS) is 20.5. The highest BCUT2D eigenvalue weighted by Crippen LogP contribution is 2.31. The molecule has 2 rings (SSSR count). The Morgan fingerprint density at radius 2 is 2.28 bits per heavy atom. The number of ether oxygens (including phenoxy) is 2. The zero-order valence-corrected chi connectivity index (χ0v) is 15.4. The van der Waals surface area contributed by atoms with Gasteiger partial charge in [0.15, 0.2) is 5.96 Å². The molecule has 1 fully saturated rings. The molecule has 0 saturated carbocycles. The van der Waals surface area contributed by atoms with Crippen LogP contribution in [-0.2, 0) is 11.3 Å². The molecule has 1 unspecified atom stereocenters. The van der Waals surface area contributed by atoms with Crippen LogP contribution in [0.2, 0.25) is 0 Å². The predicted molar refractivity (Wildman–Crippen MR) is 100 cm³/mol. The Balaban J connectivity index is 1.84. The van der Waals surface area contributed by atoms with Gasteiger partial charge in [-0.2, -0.15) is 0 Å². The first-order valence-electron chi connectivity index (χ1n) is 9.06. The molecule has 0 aromatic heterocycles. The van der Waals surface area contributed by atoms with Crippen LogP contribution in [0, 0.1) is 5.41 Å². The maximum Gasteiger partial charge on any atom is 0.191 e. The number of hydrogen-bond acceptors (Lipinski definition) is 4. The smallest absolute Gasteiger partial charge is 0.191 e. The van der Waals surface area contributed by atoms with Gasteiger partial charge in [-0.25, -0.2) is 0 Å². The zero-order valence-electron chi connectivity index (χ0n) is 15.4. The number of aliphatic hydroxyl groups excluding tert-OH is 1. The van der Waals surface area contributed by atoms with Crippen LogP contribution < -0.4 is 15.4 Å². The summed E-state index contributed by atoms with van der Waals surface area (Å²) in [6, 6.07) is 8.10. The first kappa shape index (κ1) is 19.5. The van der Waals surface area contributed by atoms with Crippen molar-refractivity contribution in [2.24, 2.45) is 10.4 Å². The van der Waals surface area contributed by atoms with Crippen molar-refractivity contribution in [3.63, 3.8) is 0 Å². The molecule has 1 aliphatic heterocycles. The number of aliphatic imine (C=N–C) groups is 1. The number of benzene rings is 1. The maximum absolute atomic E-state index is 9.31. The highest BCUT2D eigenvalue weighted by atomic mass is 16.5. The lowest BCUT2D eigenvalue weighted by Crippen LogP contribution is -2.44. The Hall–Kier alpha value is -1.79. The summed E-state index contributed by atoms with van der Waals surface area (Å²) in [5.41, 5.74) is 1.14. The van der Waals surface area contributed by atoms with E-state index in [4.69, 9.17) is 9.47 Å². The quantitative estimate of drug-likeness (QED) is 0.469. The third kappa shape index (κ3) is 6.21. The van der Waals surface area contributed by atoms with E-state index in [0.717, 1.165) is 56.3 Å². The molecule has 0 spiro atoms. The minimum absolute atomic E-state index is 0.000277. The van der Waals surface area contributed by atoms with E-state index in [9.17, 15) is 5.11 Å². The molecule has 0 bridgehead atoms. The van der Waals surface area contributed by atoms with Gasteiger partial charge in [-0.1, -0.05) is 19.1 Å². The summed E-state index contributed by atoms with van der Waals surface area (Å²) in [5.74, 6) is 1.65. The number of nitrogens with zero attached hydrogens (tertiary/aromatic N) is 1. The molecule has 1 heterocycles. The van der Waals surface area contributed by atoms with E-state index in [0.29, 0.717) is 13.2 Å². The molecule has 25 heavy (non-hydrogen) atoms. The van der Waals surface area contributed by atoms with Crippen LogP contribution in [0.15, 0.2) is 29.3 Å². The highest BCUT2D eigenvalue weighted by Gasteiger charge is 2.34. The summed E-state index contributed by atoms with van der Waals surface area (Å²) in [4.78, 5) is 4.29. The van der Waals surface area contributed by atoms with Crippen molar-refractivity contribution < 1.29 is 14.6 Å². The largest absolute Gasteiger partial charge is 0.494 e. The molecule has 0 radical (unpaired) electrons. The van der Waals surface area contributed by atoms with Gasteiger partial charge in [-0.3, -0.25) is 4.99 Å². The van der Waals surface area contributed by atoms with Gasteiger partial charge in [0.2, 0.25) is 0 Å². The number of nitrogens with one attached hydrogen (secondary N) is 2. The number of hydrogen-bond donors (Lipinski definition) is 3. The fourth-order valence-electron chi connectivity index (χ4n) is 2.95. The summed E-state index contributed by atoms with van der Waals surface area (Å²) in [7, 11) is 1.76. The SMILES string of the molecule is CCCOc1cccc(CNC(=NC)NCC2(CCO)CCOC2)c1. The lowest BCUT2D eigenvalue weighted by atomic mass is 9.84. The van der Waals surface area contributed by atoms with Crippen molar-refractivity contribution in [2.45, 2.75) is 32.7 Å². The van der Waals surface area contributed by atoms with Gasteiger partial charge in [0.05, 0.1) is 13.2 Å². The molecular formula is C19H31N3O3. The monoisotopic (exact) mass is 349 g/mol. The maximum atomic E-state index is 9.31. The van der Waals surface area contributed by atoms with Gasteiger partial charge < -0.3 is 25.2 Å². The summed E-state index contributed by atoms with van der Waals surface area (Å²) < 4.78 is 11.2. The molecule has 6 heteroatoms. The van der Waals surface area contributed by atoms with Crippen molar-refractivity contribution in [1.82, 2.24) is 10.6 Å². The third-order valence-electron chi connectivity index (χ3n) is 4.51. The Kier molecular flexibility index (Phi) is 8.01. The Bertz CT molecular complexity index is 542. The van der Waals surface area contributed by atoms with Crippen LogP contribution in [0.3, 0.4) is 0 Å². The number of rotatable bonds is 9. The minimum atomic E-state index is 0.000277. The molecule has 0 aliphatic carbocycles. The summed E-state index contributed by atoms with van der Waals surface area (Å²) in [5, 5.41) is 16.0. The lowest BCUT2D eigenvalue weighted by molar-refractivity contribution is 0.127. The van der Waals surface area contributed by atoms with Crippen molar-refractivity contribution in [3.8, 4) is 5.75 Å². The molecule has 1 saturated heterocycles. The Morgan fingerprint density at radius 3 is 2.96 bits per heavy atom. The summed E-state index contributed by atoms with van der Waals surface area (Å²) in [6.07, 6.45) is 2.71. The molecule has 1 aromatic rings. The topological polar surface area (TPSA) is 75.1 Å². The summed E-state index contributed by atoms with van der Waals surface area (Å²) in [6.45, 7) is 5.88. The van der Waals surface area contributed by atoms with Gasteiger partial charge in [0, 0.05) is 38.8 Å². The molecule has 1 atom stereocenters. The van der Waals surface area contributed by atoms with E-state index in [1.165, 1.54) is 0 Å². The van der Waals surface area contributed by atoms with E-state index in [2.05, 4.69) is 28.6 Å². The Morgan fingerprint density at radius 1 is 1.40 bits per heavy atom. The van der Waals surface area contributed by atoms with E-state index < -0.39 is 0 Å². The fraction of sp³-hybridized carbons (Fsp3) is 0.632. The van der Waals surface area contributed by atoms with Crippen molar-refractivity contribution in [2.75, 3.05) is 40.0 Å². The highest BCUT2D eigenvalue weighted by molar-refractivity contribution is 5.79. The first-order chi connectivity index (χ1) is 12.2. The first-order valence-corrected chi connectivity index (χ1v) is 9.06. The molecule has 1 aromatic carbocycles. The van der Waals surface area contributed by atoms with Gasteiger partial charge in [0.25, 0.3) is 0 Å². The van der Waals surface area contributed by atoms with Gasteiger partial charge >= 0.3 is 0 Å². The molecule has 6 nitrogen and oxygen atoms in total. The lowest BCUT2D eigenvalue weighted by Gasteiger charge is -2.27. The molecular weight excluding hydrogens is 318 g/mol. The minimum Gasteiger partial charge on any atom is -0.494 e. The van der Waals surface area contributed by atoms with E-state index in [-0.39, 0.29) is 12.0 Å². The van der Waals surface area contributed by atoms with Crippen LogP contribution in [0.4, 0.5) is 0 Å². The summed E-state index contributed by atoms with van der Waals surface area (Å²) >= 11 is 0. The zero-order chi connectivity index (χ0) is 18.0. The van der Waals surface area contributed by atoms with Gasteiger partial charge in [-0.05, 0) is 37.0 Å². The van der Waals surface area contributed by atoms with Crippen molar-refractivity contribution >= 4 is 5.96 Å². The van der Waals surface area contributed by atoms with Crippen LogP contribution in [-0.4, -0.2) is 51.1 Å². The number of guanidine groups is 1. The van der Waals surface area contributed by atoms with Gasteiger partial charge in [0.1, 0.15) is 5.75 Å². The second kappa shape index (κ2) is 10.3. The molecule has 0 amide bonds. The predicted octanol–water partition coefficient (Wildman–Crippen LogP) is 1.93. The molecule has 3 N–H and O–H groups in total. The van der Waals surface area contributed by atoms with E-state index in [1.807, 2.05) is 18.2 Å². The van der Waals surface area contributed by atoms with Crippen molar-refractivity contribution in [3.05, 3.63) is 29.8 Å². The van der Waals surface area contributed by atoms with E-state index >= 15 is 0 Å². The van der Waals surface area contributed by atoms with Gasteiger partial charge in [-0.15, -0.1) is 0 Å². The average Bonchev–Trinajstić information content (AvgIpc) is 3.09.